The number of aromatic hydroxyl groups is 1. The fourth-order valence-electron chi connectivity index (χ4n) is 2.66. The molecule has 0 saturated heterocycles. The molecule has 0 fully saturated rings. The molecule has 30 heavy (non-hydrogen) atoms. The van der Waals surface area contributed by atoms with Gasteiger partial charge in [0.05, 0.1) is 25.1 Å². The van der Waals surface area contributed by atoms with Gasteiger partial charge in [-0.1, -0.05) is 13.0 Å². The molecule has 0 unspecified atom stereocenters. The van der Waals surface area contributed by atoms with E-state index in [-0.39, 0.29) is 11.4 Å². The Morgan fingerprint density at radius 2 is 2.00 bits per heavy atom. The standard InChI is InChI=1S/C22H24N4O4/c1-3-12-30-17-10-8-15(9-11-17)18-13-19(25-24-18)22(28)26-23-14-16-6-5-7-20(21(16)27)29-4-2/h5-11,13-14,27H,3-4,12H2,1-2H3,(H,24,25)(H,26,28)/b23-14+. The molecule has 0 atom stereocenters. The Morgan fingerprint density at radius 1 is 1.20 bits per heavy atom. The van der Waals surface area contributed by atoms with Crippen LogP contribution in [0.4, 0.5) is 0 Å². The summed E-state index contributed by atoms with van der Waals surface area (Å²) in [5.74, 6) is 0.665. The number of ether oxygens (including phenoxy) is 2. The second-order valence-electron chi connectivity index (χ2n) is 6.37. The monoisotopic (exact) mass is 408 g/mol. The van der Waals surface area contributed by atoms with Crippen LogP contribution in [-0.4, -0.2) is 40.6 Å². The van der Waals surface area contributed by atoms with Crippen molar-refractivity contribution in [2.24, 2.45) is 5.10 Å². The lowest BCUT2D eigenvalue weighted by Gasteiger charge is -2.07. The van der Waals surface area contributed by atoms with Crippen LogP contribution in [0.25, 0.3) is 11.3 Å². The predicted octanol–water partition coefficient (Wildman–Crippen LogP) is 3.73. The maximum absolute atomic E-state index is 12.3. The summed E-state index contributed by atoms with van der Waals surface area (Å²) in [4.78, 5) is 12.3. The summed E-state index contributed by atoms with van der Waals surface area (Å²) < 4.78 is 10.9. The number of nitrogens with zero attached hydrogens (tertiary/aromatic N) is 2. The van der Waals surface area contributed by atoms with Crippen LogP contribution >= 0.6 is 0 Å². The molecule has 0 aliphatic carbocycles. The van der Waals surface area contributed by atoms with Crippen molar-refractivity contribution in [3.63, 3.8) is 0 Å². The van der Waals surface area contributed by atoms with Crippen molar-refractivity contribution in [1.29, 1.82) is 0 Å². The lowest BCUT2D eigenvalue weighted by Crippen LogP contribution is -2.18. The minimum Gasteiger partial charge on any atom is -0.504 e. The lowest BCUT2D eigenvalue weighted by atomic mass is 10.1. The van der Waals surface area contributed by atoms with Crippen LogP contribution in [0, 0.1) is 0 Å². The van der Waals surface area contributed by atoms with Gasteiger partial charge in [-0.3, -0.25) is 9.89 Å². The third-order valence-corrected chi connectivity index (χ3v) is 4.15. The Balaban J connectivity index is 1.63. The van der Waals surface area contributed by atoms with Gasteiger partial charge in [0.2, 0.25) is 0 Å². The van der Waals surface area contributed by atoms with Gasteiger partial charge >= 0.3 is 0 Å². The first-order valence-electron chi connectivity index (χ1n) is 9.69. The van der Waals surface area contributed by atoms with Crippen LogP contribution in [0.15, 0.2) is 53.6 Å². The van der Waals surface area contributed by atoms with Crippen molar-refractivity contribution in [2.45, 2.75) is 20.3 Å². The van der Waals surface area contributed by atoms with E-state index >= 15 is 0 Å². The predicted molar refractivity (Wildman–Crippen MR) is 114 cm³/mol. The number of aromatic nitrogens is 2. The number of carbonyl (C=O) groups excluding carboxylic acids is 1. The molecule has 0 radical (unpaired) electrons. The van der Waals surface area contributed by atoms with Gasteiger partial charge in [-0.25, -0.2) is 5.43 Å². The first-order chi connectivity index (χ1) is 14.6. The summed E-state index contributed by atoms with van der Waals surface area (Å²) in [5.41, 5.74) is 4.59. The number of amides is 1. The Kier molecular flexibility index (Phi) is 7.05. The molecule has 156 valence electrons. The van der Waals surface area contributed by atoms with Crippen LogP contribution in [0.3, 0.4) is 0 Å². The van der Waals surface area contributed by atoms with E-state index in [1.807, 2.05) is 31.2 Å². The summed E-state index contributed by atoms with van der Waals surface area (Å²) in [7, 11) is 0. The van der Waals surface area contributed by atoms with E-state index in [0.29, 0.717) is 30.2 Å². The number of phenolic OH excluding ortho intramolecular Hbond substituents is 1. The molecular formula is C22H24N4O4. The topological polar surface area (TPSA) is 109 Å². The van der Waals surface area contributed by atoms with Crippen LogP contribution in [-0.2, 0) is 0 Å². The number of hydrogen-bond donors (Lipinski definition) is 3. The largest absolute Gasteiger partial charge is 0.504 e. The van der Waals surface area contributed by atoms with Crippen LogP contribution in [0.5, 0.6) is 17.2 Å². The molecule has 0 saturated carbocycles. The van der Waals surface area contributed by atoms with Crippen LogP contribution < -0.4 is 14.9 Å². The molecule has 8 nitrogen and oxygen atoms in total. The lowest BCUT2D eigenvalue weighted by molar-refractivity contribution is 0.0950. The number of carbonyl (C=O) groups is 1. The van der Waals surface area contributed by atoms with Gasteiger partial charge < -0.3 is 14.6 Å². The molecule has 0 aliphatic heterocycles. The first-order valence-corrected chi connectivity index (χ1v) is 9.69. The van der Waals surface area contributed by atoms with Crippen molar-refractivity contribution >= 4 is 12.1 Å². The molecule has 2 aromatic carbocycles. The highest BCUT2D eigenvalue weighted by molar-refractivity contribution is 5.94. The van der Waals surface area contributed by atoms with Crippen molar-refractivity contribution in [2.75, 3.05) is 13.2 Å². The summed E-state index contributed by atoms with van der Waals surface area (Å²) in [6, 6.07) is 14.2. The molecule has 3 N–H and O–H groups in total. The maximum atomic E-state index is 12.3. The average Bonchev–Trinajstić information content (AvgIpc) is 3.26. The van der Waals surface area contributed by atoms with E-state index in [1.165, 1.54) is 6.21 Å². The molecule has 0 bridgehead atoms. The fraction of sp³-hybridized carbons (Fsp3) is 0.227. The highest BCUT2D eigenvalue weighted by atomic mass is 16.5. The molecule has 0 spiro atoms. The second-order valence-corrected chi connectivity index (χ2v) is 6.37. The molecular weight excluding hydrogens is 384 g/mol. The van der Waals surface area contributed by atoms with E-state index in [9.17, 15) is 9.90 Å². The number of phenols is 1. The van der Waals surface area contributed by atoms with Gasteiger partial charge in [-0.05, 0) is 55.8 Å². The number of hydrogen-bond acceptors (Lipinski definition) is 6. The zero-order valence-corrected chi connectivity index (χ0v) is 16.9. The minimum atomic E-state index is -0.451. The molecule has 1 aromatic heterocycles. The number of H-pyrrole nitrogens is 1. The van der Waals surface area contributed by atoms with Gasteiger partial charge in [-0.2, -0.15) is 10.2 Å². The molecule has 3 rings (SSSR count). The number of nitrogens with one attached hydrogen (secondary N) is 2. The Hall–Kier alpha value is -3.81. The van der Waals surface area contributed by atoms with Crippen molar-refractivity contribution in [3.8, 4) is 28.5 Å². The third-order valence-electron chi connectivity index (χ3n) is 4.15. The Bertz CT molecular complexity index is 1010. The third kappa shape index (κ3) is 5.16. The van der Waals surface area contributed by atoms with Crippen molar-refractivity contribution < 1.29 is 19.4 Å². The highest BCUT2D eigenvalue weighted by Gasteiger charge is 2.11. The summed E-state index contributed by atoms with van der Waals surface area (Å²) in [6.45, 7) is 4.98. The zero-order chi connectivity index (χ0) is 21.3. The quantitative estimate of drug-likeness (QED) is 0.369. The molecule has 1 amide bonds. The normalized spacial score (nSPS) is 10.9. The second kappa shape index (κ2) is 10.1. The van der Waals surface area contributed by atoms with Crippen molar-refractivity contribution in [1.82, 2.24) is 15.6 Å². The van der Waals surface area contributed by atoms with E-state index in [0.717, 1.165) is 17.7 Å². The Morgan fingerprint density at radius 3 is 2.73 bits per heavy atom. The highest BCUT2D eigenvalue weighted by Crippen LogP contribution is 2.28. The molecule has 3 aromatic rings. The maximum Gasteiger partial charge on any atom is 0.289 e. The molecule has 8 heteroatoms. The Labute approximate surface area is 174 Å². The average molecular weight is 408 g/mol. The van der Waals surface area contributed by atoms with Crippen molar-refractivity contribution in [3.05, 3.63) is 59.8 Å². The first kappa shape index (κ1) is 20.9. The van der Waals surface area contributed by atoms with Gasteiger partial charge in [0.1, 0.15) is 11.4 Å². The number of hydrazone groups is 1. The summed E-state index contributed by atoms with van der Waals surface area (Å²) in [6.07, 6.45) is 2.29. The smallest absolute Gasteiger partial charge is 0.289 e. The van der Waals surface area contributed by atoms with E-state index < -0.39 is 5.91 Å². The number of rotatable bonds is 9. The zero-order valence-electron chi connectivity index (χ0n) is 16.9. The molecule has 0 aliphatic rings. The van der Waals surface area contributed by atoms with Crippen LogP contribution in [0.1, 0.15) is 36.3 Å². The van der Waals surface area contributed by atoms with Gasteiger partial charge in [-0.15, -0.1) is 0 Å². The number of benzene rings is 2. The fourth-order valence-corrected chi connectivity index (χ4v) is 2.66. The van der Waals surface area contributed by atoms with Gasteiger partial charge in [0.25, 0.3) is 5.91 Å². The van der Waals surface area contributed by atoms with E-state index in [1.54, 1.807) is 24.3 Å². The minimum absolute atomic E-state index is 0.0347. The van der Waals surface area contributed by atoms with E-state index in [4.69, 9.17) is 9.47 Å². The van der Waals surface area contributed by atoms with E-state index in [2.05, 4.69) is 27.6 Å². The SMILES string of the molecule is CCCOc1ccc(-c2cc(C(=O)N/N=C/c3cccc(OCC)c3O)[nH]n2)cc1. The molecule has 1 heterocycles. The number of para-hydroxylation sites is 1. The summed E-state index contributed by atoms with van der Waals surface area (Å²) >= 11 is 0. The van der Waals surface area contributed by atoms with Gasteiger partial charge in [0, 0.05) is 11.1 Å². The number of aromatic amines is 1. The van der Waals surface area contributed by atoms with Crippen LogP contribution in [0.2, 0.25) is 0 Å². The van der Waals surface area contributed by atoms with Gasteiger partial charge in [0.15, 0.2) is 11.5 Å². The summed E-state index contributed by atoms with van der Waals surface area (Å²) in [5, 5.41) is 20.9.